The quantitative estimate of drug-likeness (QED) is 0.622. The maximum Gasteiger partial charge on any atom is 0.0697 e. The van der Waals surface area contributed by atoms with Crippen molar-refractivity contribution in [3.05, 3.63) is 27.7 Å². The van der Waals surface area contributed by atoms with E-state index in [9.17, 15) is 0 Å². The number of benzene rings is 1. The van der Waals surface area contributed by atoms with Gasteiger partial charge >= 0.3 is 0 Å². The average Bonchev–Trinajstić information content (AvgIpc) is 1.83. The predicted octanol–water partition coefficient (Wildman–Crippen LogP) is 3.02. The molecule has 1 aromatic rings. The molecule has 0 bridgehead atoms. The molecule has 0 heterocycles. The van der Waals surface area contributed by atoms with Crippen LogP contribution in [0.4, 0.5) is 5.69 Å². The zero-order chi connectivity index (χ0) is 6.85. The number of nitrogens with one attached hydrogen (secondary N) is 1. The van der Waals surface area contributed by atoms with E-state index in [1.807, 2.05) is 0 Å². The molecular weight excluding hydrogens is 201 g/mol. The summed E-state index contributed by atoms with van der Waals surface area (Å²) in [6, 6.07) is 5.16. The molecule has 3 heteroatoms. The topological polar surface area (TPSA) is 23.8 Å². The van der Waals surface area contributed by atoms with Gasteiger partial charge < -0.3 is 0 Å². The summed E-state index contributed by atoms with van der Waals surface area (Å²) in [5, 5.41) is 0.586. The summed E-state index contributed by atoms with van der Waals surface area (Å²) < 4.78 is 0.659. The smallest absolute Gasteiger partial charge is 0.0697 e. The fourth-order valence-electron chi connectivity index (χ4n) is 0.504. The van der Waals surface area contributed by atoms with Crippen molar-refractivity contribution < 1.29 is 0 Å². The lowest BCUT2D eigenvalue weighted by Gasteiger charge is -1.95. The molecule has 1 aromatic carbocycles. The van der Waals surface area contributed by atoms with Gasteiger partial charge in [0, 0.05) is 0 Å². The van der Waals surface area contributed by atoms with Crippen LogP contribution in [0.2, 0.25) is 5.02 Å². The van der Waals surface area contributed by atoms with E-state index >= 15 is 0 Å². The summed E-state index contributed by atoms with van der Waals surface area (Å²) in [4.78, 5) is 0. The molecule has 0 aliphatic heterocycles. The third-order valence-corrected chi connectivity index (χ3v) is 2.35. The van der Waals surface area contributed by atoms with Crippen molar-refractivity contribution in [3.8, 4) is 0 Å². The molecule has 0 amide bonds. The predicted molar refractivity (Wildman–Crippen MR) is 41.9 cm³/mol. The maximum atomic E-state index is 7.23. The first-order chi connectivity index (χ1) is 4.22. The SMILES string of the molecule is [NH]c1cccc(Cl)c1Br. The minimum absolute atomic E-state index is 0.419. The molecule has 0 unspecified atom stereocenters. The van der Waals surface area contributed by atoms with Gasteiger partial charge in [0.2, 0.25) is 0 Å². The summed E-state index contributed by atoms with van der Waals surface area (Å²) in [5.41, 5.74) is 7.65. The highest BCUT2D eigenvalue weighted by atomic mass is 79.9. The lowest BCUT2D eigenvalue weighted by atomic mass is 10.3. The molecule has 0 aromatic heterocycles. The van der Waals surface area contributed by atoms with Gasteiger partial charge in [-0.05, 0) is 28.1 Å². The van der Waals surface area contributed by atoms with Crippen molar-refractivity contribution in [2.24, 2.45) is 0 Å². The van der Waals surface area contributed by atoms with E-state index in [1.165, 1.54) is 0 Å². The molecule has 0 fully saturated rings. The second-order valence-corrected chi connectivity index (χ2v) is 2.80. The van der Waals surface area contributed by atoms with Crippen LogP contribution in [-0.4, -0.2) is 0 Å². The number of halogens is 2. The van der Waals surface area contributed by atoms with Crippen LogP contribution in [0.1, 0.15) is 0 Å². The minimum atomic E-state index is 0.419. The second kappa shape index (κ2) is 2.58. The monoisotopic (exact) mass is 204 g/mol. The first-order valence-corrected chi connectivity index (χ1v) is 3.54. The molecule has 9 heavy (non-hydrogen) atoms. The molecule has 0 aliphatic carbocycles. The maximum absolute atomic E-state index is 7.23. The normalized spacial score (nSPS) is 9.56. The Hall–Kier alpha value is -0.210. The van der Waals surface area contributed by atoms with Gasteiger partial charge in [-0.15, -0.1) is 0 Å². The third kappa shape index (κ3) is 1.37. The van der Waals surface area contributed by atoms with Crippen LogP contribution < -0.4 is 5.73 Å². The Bertz CT molecular complexity index is 204. The molecule has 0 spiro atoms. The van der Waals surface area contributed by atoms with Gasteiger partial charge in [0.1, 0.15) is 0 Å². The fraction of sp³-hybridized carbons (Fsp3) is 0. The zero-order valence-corrected chi connectivity index (χ0v) is 6.83. The highest BCUT2D eigenvalue weighted by Crippen LogP contribution is 2.28. The third-order valence-electron chi connectivity index (χ3n) is 0.952. The molecule has 0 aliphatic rings. The number of rotatable bonds is 0. The zero-order valence-electron chi connectivity index (χ0n) is 4.49. The molecule has 0 saturated carbocycles. The summed E-state index contributed by atoms with van der Waals surface area (Å²) in [6.07, 6.45) is 0. The van der Waals surface area contributed by atoms with Crippen molar-refractivity contribution in [2.45, 2.75) is 0 Å². The van der Waals surface area contributed by atoms with Gasteiger partial charge in [-0.25, -0.2) is 0 Å². The summed E-state index contributed by atoms with van der Waals surface area (Å²) in [6.45, 7) is 0. The minimum Gasteiger partial charge on any atom is -0.300 e. The first-order valence-electron chi connectivity index (χ1n) is 2.37. The van der Waals surface area contributed by atoms with Crippen molar-refractivity contribution in [3.63, 3.8) is 0 Å². The van der Waals surface area contributed by atoms with Gasteiger partial charge in [-0.2, -0.15) is 0 Å². The molecule has 47 valence electrons. The largest absolute Gasteiger partial charge is 0.300 e. The van der Waals surface area contributed by atoms with E-state index < -0.39 is 0 Å². The Kier molecular flexibility index (Phi) is 1.98. The Morgan fingerprint density at radius 1 is 1.44 bits per heavy atom. The average molecular weight is 205 g/mol. The van der Waals surface area contributed by atoms with E-state index in [2.05, 4.69) is 15.9 Å². The first kappa shape index (κ1) is 6.90. The molecule has 1 rings (SSSR count). The van der Waals surface area contributed by atoms with E-state index in [0.29, 0.717) is 15.2 Å². The van der Waals surface area contributed by atoms with Crippen LogP contribution in [0.25, 0.3) is 0 Å². The fourth-order valence-corrected chi connectivity index (χ4v) is 0.943. The molecule has 0 atom stereocenters. The Balaban J connectivity index is 3.25. The van der Waals surface area contributed by atoms with Gasteiger partial charge in [0.25, 0.3) is 0 Å². The number of hydrogen-bond donors (Lipinski definition) is 0. The van der Waals surface area contributed by atoms with Gasteiger partial charge in [-0.3, -0.25) is 5.73 Å². The van der Waals surface area contributed by atoms with Gasteiger partial charge in [0.05, 0.1) is 15.2 Å². The van der Waals surface area contributed by atoms with Crippen molar-refractivity contribution in [2.75, 3.05) is 0 Å². The molecule has 1 radical (unpaired) electrons. The standard InChI is InChI=1S/C6H4BrClN/c7-6-4(8)2-1-3-5(6)9/h1-3,9H. The van der Waals surface area contributed by atoms with Crippen molar-refractivity contribution in [1.29, 1.82) is 0 Å². The summed E-state index contributed by atoms with van der Waals surface area (Å²) in [7, 11) is 0. The van der Waals surface area contributed by atoms with Crippen LogP contribution in [0.15, 0.2) is 22.7 Å². The molecule has 0 saturated heterocycles. The van der Waals surface area contributed by atoms with Crippen molar-refractivity contribution in [1.82, 2.24) is 5.73 Å². The Morgan fingerprint density at radius 2 is 2.11 bits per heavy atom. The number of hydrogen-bond acceptors (Lipinski definition) is 0. The second-order valence-electron chi connectivity index (χ2n) is 1.60. The van der Waals surface area contributed by atoms with Crippen LogP contribution >= 0.6 is 27.5 Å². The van der Waals surface area contributed by atoms with Crippen LogP contribution in [-0.2, 0) is 0 Å². The Labute approximate surface area is 66.9 Å². The lowest BCUT2D eigenvalue weighted by Crippen LogP contribution is -1.71. The molecule has 1 N–H and O–H groups in total. The Morgan fingerprint density at radius 3 is 2.56 bits per heavy atom. The molecular formula is C6H4BrClN. The highest BCUT2D eigenvalue weighted by molar-refractivity contribution is 9.10. The van der Waals surface area contributed by atoms with Gasteiger partial charge in [0.15, 0.2) is 0 Å². The van der Waals surface area contributed by atoms with Crippen LogP contribution in [0.3, 0.4) is 0 Å². The van der Waals surface area contributed by atoms with E-state index in [-0.39, 0.29) is 0 Å². The molecule has 1 nitrogen and oxygen atoms in total. The van der Waals surface area contributed by atoms with E-state index in [1.54, 1.807) is 18.2 Å². The van der Waals surface area contributed by atoms with E-state index in [0.717, 1.165) is 0 Å². The van der Waals surface area contributed by atoms with Gasteiger partial charge in [-0.1, -0.05) is 17.7 Å². The van der Waals surface area contributed by atoms with E-state index in [4.69, 9.17) is 17.3 Å². The summed E-state index contributed by atoms with van der Waals surface area (Å²) >= 11 is 8.81. The summed E-state index contributed by atoms with van der Waals surface area (Å²) in [5.74, 6) is 0. The van der Waals surface area contributed by atoms with Crippen molar-refractivity contribution >= 4 is 33.2 Å². The van der Waals surface area contributed by atoms with Crippen LogP contribution in [0, 0.1) is 0 Å². The lowest BCUT2D eigenvalue weighted by molar-refractivity contribution is 1.45. The van der Waals surface area contributed by atoms with Crippen LogP contribution in [0.5, 0.6) is 0 Å². The highest BCUT2D eigenvalue weighted by Gasteiger charge is 1.97.